The highest BCUT2D eigenvalue weighted by molar-refractivity contribution is 6.10. The van der Waals surface area contributed by atoms with Crippen LogP contribution < -0.4 is 5.32 Å². The molecule has 27 heavy (non-hydrogen) atoms. The van der Waals surface area contributed by atoms with Crippen LogP contribution in [0.2, 0.25) is 0 Å². The second-order valence-electron chi connectivity index (χ2n) is 6.48. The highest BCUT2D eigenvalue weighted by Crippen LogP contribution is 2.30. The van der Waals surface area contributed by atoms with Crippen LogP contribution in [0.15, 0.2) is 67.4 Å². The Balaban J connectivity index is 1.37. The summed E-state index contributed by atoms with van der Waals surface area (Å²) >= 11 is 0. The molecule has 0 unspecified atom stereocenters. The van der Waals surface area contributed by atoms with Gasteiger partial charge in [-0.3, -0.25) is 19.5 Å². The Labute approximate surface area is 157 Å². The molecule has 1 aliphatic heterocycles. The van der Waals surface area contributed by atoms with E-state index >= 15 is 0 Å². The van der Waals surface area contributed by atoms with Crippen LogP contribution in [0.4, 0.5) is 0 Å². The predicted octanol–water partition coefficient (Wildman–Crippen LogP) is 3.02. The SMILES string of the molecule is C=C1c2ccccc2C(=O)N1CC(=O)NCCc1cccc2cccnc12. The van der Waals surface area contributed by atoms with Crippen molar-refractivity contribution in [3.05, 3.63) is 84.1 Å². The van der Waals surface area contributed by atoms with Gasteiger partial charge in [-0.25, -0.2) is 0 Å². The van der Waals surface area contributed by atoms with Gasteiger partial charge in [-0.15, -0.1) is 0 Å². The van der Waals surface area contributed by atoms with E-state index in [4.69, 9.17) is 0 Å². The number of aromatic nitrogens is 1. The molecule has 2 heterocycles. The number of carbonyl (C=O) groups is 2. The van der Waals surface area contributed by atoms with Crippen LogP contribution in [0.1, 0.15) is 21.5 Å². The quantitative estimate of drug-likeness (QED) is 0.763. The Hall–Kier alpha value is -3.47. The number of benzene rings is 2. The molecule has 1 aromatic heterocycles. The van der Waals surface area contributed by atoms with Crippen molar-refractivity contribution in [2.45, 2.75) is 6.42 Å². The lowest BCUT2D eigenvalue weighted by molar-refractivity contribution is -0.121. The topological polar surface area (TPSA) is 62.3 Å². The number of para-hydroxylation sites is 1. The van der Waals surface area contributed by atoms with Crippen molar-refractivity contribution in [1.29, 1.82) is 0 Å². The largest absolute Gasteiger partial charge is 0.354 e. The first kappa shape index (κ1) is 17.0. The number of pyridine rings is 1. The molecule has 4 rings (SSSR count). The zero-order chi connectivity index (χ0) is 18.8. The van der Waals surface area contributed by atoms with Gasteiger partial charge in [-0.1, -0.05) is 49.0 Å². The number of rotatable bonds is 5. The van der Waals surface area contributed by atoms with Gasteiger partial charge in [0.25, 0.3) is 5.91 Å². The summed E-state index contributed by atoms with van der Waals surface area (Å²) in [5.41, 5.74) is 3.99. The Morgan fingerprint density at radius 2 is 1.81 bits per heavy atom. The Bertz CT molecular complexity index is 1020. The minimum absolute atomic E-state index is 0.0276. The van der Waals surface area contributed by atoms with Crippen LogP contribution >= 0.6 is 0 Å². The first-order valence-corrected chi connectivity index (χ1v) is 8.84. The minimum Gasteiger partial charge on any atom is -0.354 e. The average molecular weight is 357 g/mol. The van der Waals surface area contributed by atoms with Gasteiger partial charge in [0.1, 0.15) is 6.54 Å². The third-order valence-corrected chi connectivity index (χ3v) is 4.77. The maximum absolute atomic E-state index is 12.5. The van der Waals surface area contributed by atoms with E-state index in [9.17, 15) is 9.59 Å². The fraction of sp³-hybridized carbons (Fsp3) is 0.136. The zero-order valence-electron chi connectivity index (χ0n) is 14.8. The number of fused-ring (bicyclic) bond motifs is 2. The molecule has 2 aromatic carbocycles. The summed E-state index contributed by atoms with van der Waals surface area (Å²) in [6, 6.07) is 17.2. The summed E-state index contributed by atoms with van der Waals surface area (Å²) in [6.45, 7) is 4.41. The number of nitrogens with zero attached hydrogens (tertiary/aromatic N) is 2. The van der Waals surface area contributed by atoms with Crippen molar-refractivity contribution in [3.8, 4) is 0 Å². The molecule has 0 atom stereocenters. The number of hydrogen-bond acceptors (Lipinski definition) is 3. The molecular weight excluding hydrogens is 338 g/mol. The molecule has 0 radical (unpaired) electrons. The van der Waals surface area contributed by atoms with Crippen molar-refractivity contribution in [1.82, 2.24) is 15.2 Å². The number of carbonyl (C=O) groups excluding carboxylic acids is 2. The third-order valence-electron chi connectivity index (χ3n) is 4.77. The Kier molecular flexibility index (Phi) is 4.42. The fourth-order valence-corrected chi connectivity index (χ4v) is 3.41. The van der Waals surface area contributed by atoms with Crippen LogP contribution in [-0.4, -0.2) is 34.8 Å². The van der Waals surface area contributed by atoms with Gasteiger partial charge in [-0.2, -0.15) is 0 Å². The number of nitrogens with one attached hydrogen (secondary N) is 1. The first-order valence-electron chi connectivity index (χ1n) is 8.84. The summed E-state index contributed by atoms with van der Waals surface area (Å²) in [6.07, 6.45) is 2.45. The van der Waals surface area contributed by atoms with Gasteiger partial charge >= 0.3 is 0 Å². The molecule has 0 bridgehead atoms. The fourth-order valence-electron chi connectivity index (χ4n) is 3.41. The monoisotopic (exact) mass is 357 g/mol. The Morgan fingerprint density at radius 1 is 1.04 bits per heavy atom. The van der Waals surface area contributed by atoms with E-state index in [1.807, 2.05) is 48.5 Å². The van der Waals surface area contributed by atoms with Gasteiger partial charge in [0.15, 0.2) is 0 Å². The standard InChI is InChI=1S/C22H19N3O2/c1-15-18-9-2-3-10-19(18)22(27)25(15)14-20(26)23-13-11-17-7-4-6-16-8-5-12-24-21(16)17/h2-10,12H,1,11,13-14H2,(H,23,26). The number of amides is 2. The molecule has 0 spiro atoms. The van der Waals surface area contributed by atoms with Crippen LogP contribution in [0.5, 0.6) is 0 Å². The third kappa shape index (κ3) is 3.19. The molecule has 0 saturated carbocycles. The smallest absolute Gasteiger partial charge is 0.259 e. The maximum atomic E-state index is 12.5. The lowest BCUT2D eigenvalue weighted by atomic mass is 10.1. The average Bonchev–Trinajstić information content (AvgIpc) is 2.93. The van der Waals surface area contributed by atoms with E-state index in [-0.39, 0.29) is 18.4 Å². The lowest BCUT2D eigenvalue weighted by Crippen LogP contribution is -2.37. The highest BCUT2D eigenvalue weighted by atomic mass is 16.2. The summed E-state index contributed by atoms with van der Waals surface area (Å²) in [7, 11) is 0. The molecule has 0 aliphatic carbocycles. The number of hydrogen-bond donors (Lipinski definition) is 1. The zero-order valence-corrected chi connectivity index (χ0v) is 14.8. The van der Waals surface area contributed by atoms with Crippen molar-refractivity contribution >= 4 is 28.4 Å². The second kappa shape index (κ2) is 7.03. The summed E-state index contributed by atoms with van der Waals surface area (Å²) in [4.78, 5) is 30.7. The minimum atomic E-state index is -0.203. The van der Waals surface area contributed by atoms with Crippen molar-refractivity contribution in [3.63, 3.8) is 0 Å². The van der Waals surface area contributed by atoms with E-state index in [0.717, 1.165) is 22.0 Å². The first-order chi connectivity index (χ1) is 13.1. The summed E-state index contributed by atoms with van der Waals surface area (Å²) in [5.74, 6) is -0.380. The molecular formula is C22H19N3O2. The predicted molar refractivity (Wildman–Crippen MR) is 105 cm³/mol. The second-order valence-corrected chi connectivity index (χ2v) is 6.48. The molecule has 3 aromatic rings. The van der Waals surface area contributed by atoms with Gasteiger partial charge < -0.3 is 5.32 Å². The van der Waals surface area contributed by atoms with Gasteiger partial charge in [0.05, 0.1) is 5.52 Å². The van der Waals surface area contributed by atoms with Crippen LogP contribution in [-0.2, 0) is 11.2 Å². The van der Waals surface area contributed by atoms with Gasteiger partial charge in [0, 0.05) is 35.0 Å². The van der Waals surface area contributed by atoms with E-state index in [0.29, 0.717) is 24.2 Å². The van der Waals surface area contributed by atoms with Crippen molar-refractivity contribution in [2.24, 2.45) is 0 Å². The summed E-state index contributed by atoms with van der Waals surface area (Å²) in [5, 5.41) is 3.97. The molecule has 134 valence electrons. The molecule has 5 nitrogen and oxygen atoms in total. The van der Waals surface area contributed by atoms with E-state index in [1.54, 1.807) is 12.3 Å². The van der Waals surface area contributed by atoms with E-state index in [2.05, 4.69) is 16.9 Å². The van der Waals surface area contributed by atoms with Crippen LogP contribution in [0.25, 0.3) is 16.6 Å². The molecule has 1 aliphatic rings. The van der Waals surface area contributed by atoms with Gasteiger partial charge in [0.2, 0.25) is 5.91 Å². The van der Waals surface area contributed by atoms with E-state index < -0.39 is 0 Å². The maximum Gasteiger partial charge on any atom is 0.259 e. The lowest BCUT2D eigenvalue weighted by Gasteiger charge is -2.17. The van der Waals surface area contributed by atoms with Crippen LogP contribution in [0, 0.1) is 0 Å². The van der Waals surface area contributed by atoms with Crippen LogP contribution in [0.3, 0.4) is 0 Å². The molecule has 0 fully saturated rings. The molecule has 5 heteroatoms. The molecule has 1 N–H and O–H groups in total. The van der Waals surface area contributed by atoms with E-state index in [1.165, 1.54) is 4.90 Å². The van der Waals surface area contributed by atoms with Crippen molar-refractivity contribution in [2.75, 3.05) is 13.1 Å². The normalized spacial score (nSPS) is 13.1. The molecule has 2 amide bonds. The summed E-state index contributed by atoms with van der Waals surface area (Å²) < 4.78 is 0. The van der Waals surface area contributed by atoms with Gasteiger partial charge in [-0.05, 0) is 24.1 Å². The Morgan fingerprint density at radius 3 is 2.63 bits per heavy atom. The highest BCUT2D eigenvalue weighted by Gasteiger charge is 2.31. The van der Waals surface area contributed by atoms with Crippen molar-refractivity contribution < 1.29 is 9.59 Å². The molecule has 0 saturated heterocycles.